The number of hydrogen-bond donors (Lipinski definition) is 1. The van der Waals surface area contributed by atoms with Gasteiger partial charge in [-0.1, -0.05) is 59.3 Å². The van der Waals surface area contributed by atoms with E-state index in [0.29, 0.717) is 5.41 Å². The second kappa shape index (κ2) is 8.13. The van der Waals surface area contributed by atoms with Crippen molar-refractivity contribution in [2.24, 2.45) is 5.41 Å². The molecule has 1 aliphatic rings. The van der Waals surface area contributed by atoms with Gasteiger partial charge in [0.1, 0.15) is 0 Å². The third kappa shape index (κ3) is 4.28. The largest absolute Gasteiger partial charge is 0.314 e. The zero-order valence-electron chi connectivity index (χ0n) is 12.4. The van der Waals surface area contributed by atoms with Crippen molar-refractivity contribution in [2.45, 2.75) is 91.0 Å². The first-order valence-electron chi connectivity index (χ1n) is 8.02. The van der Waals surface area contributed by atoms with Gasteiger partial charge in [0.2, 0.25) is 0 Å². The summed E-state index contributed by atoms with van der Waals surface area (Å²) in [5, 5.41) is 3.79. The van der Waals surface area contributed by atoms with Crippen molar-refractivity contribution in [3.8, 4) is 0 Å². The first-order chi connectivity index (χ1) is 8.29. The summed E-state index contributed by atoms with van der Waals surface area (Å²) in [7, 11) is 0. The van der Waals surface area contributed by atoms with E-state index in [2.05, 4.69) is 26.1 Å². The molecule has 0 aromatic carbocycles. The van der Waals surface area contributed by atoms with Gasteiger partial charge in [-0.25, -0.2) is 0 Å². The molecule has 0 heterocycles. The second-order valence-electron chi connectivity index (χ2n) is 5.88. The third-order valence-electron chi connectivity index (χ3n) is 4.84. The Bertz CT molecular complexity index is 182. The lowest BCUT2D eigenvalue weighted by Crippen LogP contribution is -2.43. The van der Waals surface area contributed by atoms with Gasteiger partial charge in [-0.2, -0.15) is 0 Å². The zero-order valence-corrected chi connectivity index (χ0v) is 12.4. The predicted octanol–water partition coefficient (Wildman–Crippen LogP) is 4.91. The molecule has 17 heavy (non-hydrogen) atoms. The molecule has 1 fully saturated rings. The minimum atomic E-state index is 0.641. The molecule has 0 aliphatic heterocycles. The van der Waals surface area contributed by atoms with Crippen LogP contribution in [0.15, 0.2) is 0 Å². The fourth-order valence-electron chi connectivity index (χ4n) is 3.67. The Morgan fingerprint density at radius 1 is 1.00 bits per heavy atom. The van der Waals surface area contributed by atoms with Crippen LogP contribution >= 0.6 is 0 Å². The molecule has 1 aliphatic carbocycles. The number of rotatable bonds is 9. The van der Waals surface area contributed by atoms with Crippen molar-refractivity contribution < 1.29 is 0 Å². The smallest absolute Gasteiger partial charge is 0.0123 e. The van der Waals surface area contributed by atoms with Crippen LogP contribution in [0.2, 0.25) is 0 Å². The molecule has 1 N–H and O–H groups in total. The number of unbranched alkanes of at least 4 members (excludes halogenated alkanes) is 3. The Hall–Kier alpha value is -0.0400. The van der Waals surface area contributed by atoms with Crippen LogP contribution in [0.25, 0.3) is 0 Å². The third-order valence-corrected chi connectivity index (χ3v) is 4.84. The first kappa shape index (κ1) is 15.0. The lowest BCUT2D eigenvalue weighted by atomic mass is 9.74. The highest BCUT2D eigenvalue weighted by atomic mass is 14.9. The molecule has 0 bridgehead atoms. The summed E-state index contributed by atoms with van der Waals surface area (Å²) < 4.78 is 0. The van der Waals surface area contributed by atoms with Crippen LogP contribution in [-0.4, -0.2) is 12.6 Å². The highest BCUT2D eigenvalue weighted by Crippen LogP contribution is 2.45. The molecule has 1 atom stereocenters. The Labute approximate surface area is 109 Å². The summed E-state index contributed by atoms with van der Waals surface area (Å²) in [6.45, 7) is 8.10. The van der Waals surface area contributed by atoms with Crippen molar-refractivity contribution in [1.82, 2.24) is 5.32 Å². The van der Waals surface area contributed by atoms with E-state index in [-0.39, 0.29) is 0 Å². The van der Waals surface area contributed by atoms with Gasteiger partial charge in [0.15, 0.2) is 0 Å². The summed E-state index contributed by atoms with van der Waals surface area (Å²) in [6, 6.07) is 0.789. The van der Waals surface area contributed by atoms with E-state index < -0.39 is 0 Å². The molecular weight excluding hydrogens is 206 g/mol. The van der Waals surface area contributed by atoms with Gasteiger partial charge >= 0.3 is 0 Å². The van der Waals surface area contributed by atoms with Gasteiger partial charge in [-0.05, 0) is 37.6 Å². The van der Waals surface area contributed by atoms with Crippen LogP contribution in [0.1, 0.15) is 85.0 Å². The molecule has 0 aromatic heterocycles. The minimum absolute atomic E-state index is 0.641. The molecule has 102 valence electrons. The van der Waals surface area contributed by atoms with Gasteiger partial charge in [-0.3, -0.25) is 0 Å². The van der Waals surface area contributed by atoms with E-state index in [1.165, 1.54) is 64.2 Å². The van der Waals surface area contributed by atoms with E-state index in [0.717, 1.165) is 12.6 Å². The molecule has 0 amide bonds. The number of hydrogen-bond acceptors (Lipinski definition) is 1. The molecule has 0 aromatic rings. The average Bonchev–Trinajstić information content (AvgIpc) is 2.83. The molecule has 1 nitrogen and oxygen atoms in total. The maximum absolute atomic E-state index is 3.79. The van der Waals surface area contributed by atoms with Gasteiger partial charge < -0.3 is 5.32 Å². The molecule has 0 spiro atoms. The van der Waals surface area contributed by atoms with Crippen molar-refractivity contribution in [2.75, 3.05) is 6.54 Å². The fraction of sp³-hybridized carbons (Fsp3) is 1.00. The van der Waals surface area contributed by atoms with Crippen molar-refractivity contribution in [1.29, 1.82) is 0 Å². The van der Waals surface area contributed by atoms with Crippen molar-refractivity contribution in [3.05, 3.63) is 0 Å². The maximum atomic E-state index is 3.79. The molecule has 1 rings (SSSR count). The van der Waals surface area contributed by atoms with Crippen molar-refractivity contribution in [3.63, 3.8) is 0 Å². The summed E-state index contributed by atoms with van der Waals surface area (Å²) in [5.41, 5.74) is 0.641. The predicted molar refractivity (Wildman–Crippen MR) is 77.4 cm³/mol. The SMILES string of the molecule is CCCCCCC(NCC)C1(CC)CCCC1. The van der Waals surface area contributed by atoms with Crippen LogP contribution in [-0.2, 0) is 0 Å². The minimum Gasteiger partial charge on any atom is -0.314 e. The Balaban J connectivity index is 2.45. The summed E-state index contributed by atoms with van der Waals surface area (Å²) in [4.78, 5) is 0. The zero-order chi connectivity index (χ0) is 12.6. The summed E-state index contributed by atoms with van der Waals surface area (Å²) >= 11 is 0. The Morgan fingerprint density at radius 3 is 2.24 bits per heavy atom. The molecule has 1 heteroatoms. The topological polar surface area (TPSA) is 12.0 Å². The van der Waals surface area contributed by atoms with E-state index in [4.69, 9.17) is 0 Å². The van der Waals surface area contributed by atoms with E-state index in [9.17, 15) is 0 Å². The molecule has 0 radical (unpaired) electrons. The standard InChI is InChI=1S/C16H33N/c1-4-7-8-9-12-15(17-6-3)16(5-2)13-10-11-14-16/h15,17H,4-14H2,1-3H3. The molecular formula is C16H33N. The van der Waals surface area contributed by atoms with E-state index in [1.54, 1.807) is 0 Å². The van der Waals surface area contributed by atoms with Crippen LogP contribution < -0.4 is 5.32 Å². The average molecular weight is 239 g/mol. The summed E-state index contributed by atoms with van der Waals surface area (Å²) in [5.74, 6) is 0. The highest BCUT2D eigenvalue weighted by Gasteiger charge is 2.38. The second-order valence-corrected chi connectivity index (χ2v) is 5.88. The van der Waals surface area contributed by atoms with Gasteiger partial charge in [0, 0.05) is 6.04 Å². The number of nitrogens with one attached hydrogen (secondary N) is 1. The van der Waals surface area contributed by atoms with Crippen LogP contribution in [0.4, 0.5) is 0 Å². The monoisotopic (exact) mass is 239 g/mol. The quantitative estimate of drug-likeness (QED) is 0.564. The van der Waals surface area contributed by atoms with Crippen LogP contribution in [0, 0.1) is 5.41 Å². The summed E-state index contributed by atoms with van der Waals surface area (Å²) in [6.07, 6.45) is 14.3. The Morgan fingerprint density at radius 2 is 1.71 bits per heavy atom. The lowest BCUT2D eigenvalue weighted by molar-refractivity contribution is 0.175. The normalized spacial score (nSPS) is 20.6. The van der Waals surface area contributed by atoms with E-state index in [1.807, 2.05) is 0 Å². The fourth-order valence-corrected chi connectivity index (χ4v) is 3.67. The maximum Gasteiger partial charge on any atom is 0.0123 e. The molecule has 0 saturated heterocycles. The highest BCUT2D eigenvalue weighted by molar-refractivity contribution is 4.93. The lowest BCUT2D eigenvalue weighted by Gasteiger charge is -2.38. The van der Waals surface area contributed by atoms with E-state index >= 15 is 0 Å². The molecule has 1 saturated carbocycles. The Kier molecular flexibility index (Phi) is 7.18. The van der Waals surface area contributed by atoms with Crippen LogP contribution in [0.5, 0.6) is 0 Å². The molecule has 1 unspecified atom stereocenters. The van der Waals surface area contributed by atoms with Crippen LogP contribution in [0.3, 0.4) is 0 Å². The van der Waals surface area contributed by atoms with Crippen molar-refractivity contribution >= 4 is 0 Å². The first-order valence-corrected chi connectivity index (χ1v) is 8.02. The van der Waals surface area contributed by atoms with Gasteiger partial charge in [0.05, 0.1) is 0 Å². The van der Waals surface area contributed by atoms with Gasteiger partial charge in [-0.15, -0.1) is 0 Å². The van der Waals surface area contributed by atoms with Gasteiger partial charge in [0.25, 0.3) is 0 Å².